The summed E-state index contributed by atoms with van der Waals surface area (Å²) >= 11 is 5.15. The number of methoxy groups -OCH3 is 2. The molecule has 2 aromatic carbocycles. The molecule has 0 atom stereocenters. The topological polar surface area (TPSA) is 134 Å². The number of hydrogen-bond donors (Lipinski definition) is 3. The van der Waals surface area contributed by atoms with E-state index in [1.807, 2.05) is 0 Å². The molecular formula is C17H15N5O5S. The Labute approximate surface area is 164 Å². The average molecular weight is 401 g/mol. The second kappa shape index (κ2) is 7.88. The predicted octanol–water partition coefficient (Wildman–Crippen LogP) is 4.28. The minimum Gasteiger partial charge on any atom is -0.497 e. The van der Waals surface area contributed by atoms with Gasteiger partial charge in [0.1, 0.15) is 11.5 Å². The third-order valence-corrected chi connectivity index (χ3v) is 4.02. The van der Waals surface area contributed by atoms with E-state index in [-0.39, 0.29) is 22.4 Å². The lowest BCUT2D eigenvalue weighted by Gasteiger charge is -2.10. The fraction of sp³-hybridized carbons (Fsp3) is 0.118. The molecule has 0 spiro atoms. The maximum absolute atomic E-state index is 11.0. The molecule has 0 amide bonds. The molecule has 0 unspecified atom stereocenters. The van der Waals surface area contributed by atoms with Crippen LogP contribution in [0.25, 0.3) is 10.9 Å². The number of rotatable bonds is 5. The number of aromatic amines is 1. The van der Waals surface area contributed by atoms with Crippen LogP contribution in [0.15, 0.2) is 46.6 Å². The molecule has 144 valence electrons. The third kappa shape index (κ3) is 3.83. The number of azo groups is 1. The number of non-ortho nitro benzene ring substituents is 1. The van der Waals surface area contributed by atoms with Crippen molar-refractivity contribution in [3.05, 3.63) is 46.5 Å². The van der Waals surface area contributed by atoms with Crippen LogP contribution in [-0.2, 0) is 0 Å². The lowest BCUT2D eigenvalue weighted by Crippen LogP contribution is -2.06. The molecule has 0 fully saturated rings. The van der Waals surface area contributed by atoms with E-state index in [9.17, 15) is 15.2 Å². The molecule has 0 aliphatic carbocycles. The lowest BCUT2D eigenvalue weighted by molar-refractivity contribution is -0.384. The number of nitrogens with zero attached hydrogens (tertiary/aromatic N) is 3. The van der Waals surface area contributed by atoms with Crippen molar-refractivity contribution in [3.63, 3.8) is 0 Å². The normalized spacial score (nSPS) is 10.9. The van der Waals surface area contributed by atoms with E-state index in [1.54, 1.807) is 25.3 Å². The Morgan fingerprint density at radius 2 is 2.04 bits per heavy atom. The zero-order valence-electron chi connectivity index (χ0n) is 14.8. The summed E-state index contributed by atoms with van der Waals surface area (Å²) in [5.41, 5.74) is 0.940. The predicted molar refractivity (Wildman–Crippen MR) is 107 cm³/mol. The summed E-state index contributed by atoms with van der Waals surface area (Å²) in [5, 5.41) is 32.0. The molecule has 1 heterocycles. The summed E-state index contributed by atoms with van der Waals surface area (Å²) in [7, 11) is 3.04. The molecule has 10 nitrogen and oxygen atoms in total. The van der Waals surface area contributed by atoms with Crippen LogP contribution in [-0.4, -0.2) is 34.3 Å². The summed E-state index contributed by atoms with van der Waals surface area (Å²) in [6.07, 6.45) is 0. The Morgan fingerprint density at radius 1 is 1.25 bits per heavy atom. The SMILES string of the molecule is COc1ccc(NC(=S)N=Nc2c(O)[nH]c3ccc([N+](=O)[O-])cc23)c(OC)c1. The van der Waals surface area contributed by atoms with Gasteiger partial charge in [0.25, 0.3) is 5.69 Å². The first-order chi connectivity index (χ1) is 13.4. The van der Waals surface area contributed by atoms with Gasteiger partial charge >= 0.3 is 0 Å². The van der Waals surface area contributed by atoms with Gasteiger partial charge in [-0.05, 0) is 30.4 Å². The van der Waals surface area contributed by atoms with Crippen LogP contribution in [0.2, 0.25) is 0 Å². The number of fused-ring (bicyclic) bond motifs is 1. The monoisotopic (exact) mass is 401 g/mol. The molecule has 11 heteroatoms. The Morgan fingerprint density at radius 3 is 2.71 bits per heavy atom. The van der Waals surface area contributed by atoms with Crippen LogP contribution in [0.5, 0.6) is 17.4 Å². The van der Waals surface area contributed by atoms with E-state index in [0.29, 0.717) is 28.1 Å². The van der Waals surface area contributed by atoms with Crippen molar-refractivity contribution in [2.45, 2.75) is 0 Å². The number of thiocarbonyl (C=S) groups is 1. The molecule has 0 aliphatic rings. The molecule has 28 heavy (non-hydrogen) atoms. The highest BCUT2D eigenvalue weighted by Gasteiger charge is 2.15. The van der Waals surface area contributed by atoms with Gasteiger partial charge in [-0.1, -0.05) is 0 Å². The van der Waals surface area contributed by atoms with Crippen LogP contribution in [0.3, 0.4) is 0 Å². The summed E-state index contributed by atoms with van der Waals surface area (Å²) in [4.78, 5) is 13.1. The molecule has 0 saturated heterocycles. The number of benzene rings is 2. The van der Waals surface area contributed by atoms with Gasteiger partial charge in [-0.3, -0.25) is 10.1 Å². The summed E-state index contributed by atoms with van der Waals surface area (Å²) < 4.78 is 10.4. The second-order valence-electron chi connectivity index (χ2n) is 5.51. The van der Waals surface area contributed by atoms with Gasteiger partial charge in [0.15, 0.2) is 5.69 Å². The molecule has 0 aliphatic heterocycles. The van der Waals surface area contributed by atoms with E-state index < -0.39 is 4.92 Å². The Kier molecular flexibility index (Phi) is 5.36. The number of hydrogen-bond acceptors (Lipinski definition) is 7. The van der Waals surface area contributed by atoms with Gasteiger partial charge < -0.3 is 24.9 Å². The number of anilines is 1. The molecule has 0 saturated carbocycles. The highest BCUT2D eigenvalue weighted by molar-refractivity contribution is 7.80. The Bertz CT molecular complexity index is 1090. The summed E-state index contributed by atoms with van der Waals surface area (Å²) in [5.74, 6) is 0.826. The number of aromatic nitrogens is 1. The Balaban J connectivity index is 1.86. The molecule has 3 aromatic rings. The molecule has 3 rings (SSSR count). The number of H-pyrrole nitrogens is 1. The number of nitro benzene ring substituents is 1. The van der Waals surface area contributed by atoms with E-state index in [0.717, 1.165) is 0 Å². The fourth-order valence-corrected chi connectivity index (χ4v) is 2.65. The zero-order valence-corrected chi connectivity index (χ0v) is 15.6. The molecule has 0 bridgehead atoms. The fourth-order valence-electron chi connectivity index (χ4n) is 2.50. The quantitative estimate of drug-likeness (QED) is 0.251. The lowest BCUT2D eigenvalue weighted by atomic mass is 10.2. The van der Waals surface area contributed by atoms with Crippen molar-refractivity contribution in [3.8, 4) is 17.4 Å². The highest BCUT2D eigenvalue weighted by Crippen LogP contribution is 2.37. The zero-order chi connectivity index (χ0) is 20.3. The smallest absolute Gasteiger partial charge is 0.270 e. The molecular weight excluding hydrogens is 386 g/mol. The summed E-state index contributed by atoms with van der Waals surface area (Å²) in [6, 6.07) is 9.18. The maximum Gasteiger partial charge on any atom is 0.270 e. The Hall–Kier alpha value is -3.73. The van der Waals surface area contributed by atoms with Gasteiger partial charge in [-0.2, -0.15) is 0 Å². The number of nitrogens with one attached hydrogen (secondary N) is 2. The average Bonchev–Trinajstić information content (AvgIpc) is 3.00. The van der Waals surface area contributed by atoms with Crippen LogP contribution in [0.4, 0.5) is 17.1 Å². The second-order valence-corrected chi connectivity index (χ2v) is 5.89. The molecule has 3 N–H and O–H groups in total. The van der Waals surface area contributed by atoms with Gasteiger partial charge in [0.05, 0.1) is 30.3 Å². The standard InChI is InChI=1S/C17H15N5O5S/c1-26-10-4-6-13(14(8-10)27-2)19-17(28)21-20-15-11-7-9(22(24)25)3-5-12(11)18-16(15)23/h3-8,18,23H,1-2H3,(H,19,28). The number of ether oxygens (including phenoxy) is 2. The largest absolute Gasteiger partial charge is 0.497 e. The van der Waals surface area contributed by atoms with Gasteiger partial charge in [-0.25, -0.2) is 0 Å². The minimum atomic E-state index is -0.535. The van der Waals surface area contributed by atoms with Gasteiger partial charge in [0, 0.05) is 23.6 Å². The summed E-state index contributed by atoms with van der Waals surface area (Å²) in [6.45, 7) is 0. The highest BCUT2D eigenvalue weighted by atomic mass is 32.1. The molecule has 1 aromatic heterocycles. The van der Waals surface area contributed by atoms with Crippen LogP contribution in [0, 0.1) is 10.1 Å². The van der Waals surface area contributed by atoms with Crippen LogP contribution in [0.1, 0.15) is 0 Å². The number of nitro groups is 1. The van der Waals surface area contributed by atoms with E-state index in [2.05, 4.69) is 20.5 Å². The van der Waals surface area contributed by atoms with Gasteiger partial charge in [-0.15, -0.1) is 10.2 Å². The first-order valence-corrected chi connectivity index (χ1v) is 8.27. The van der Waals surface area contributed by atoms with Crippen molar-refractivity contribution in [2.75, 3.05) is 19.5 Å². The van der Waals surface area contributed by atoms with Crippen molar-refractivity contribution in [2.24, 2.45) is 10.2 Å². The van der Waals surface area contributed by atoms with Crippen molar-refractivity contribution in [1.82, 2.24) is 4.98 Å². The minimum absolute atomic E-state index is 0.00245. The van der Waals surface area contributed by atoms with Crippen LogP contribution >= 0.6 is 12.2 Å². The van der Waals surface area contributed by atoms with Crippen molar-refractivity contribution in [1.29, 1.82) is 0 Å². The van der Waals surface area contributed by atoms with E-state index >= 15 is 0 Å². The van der Waals surface area contributed by atoms with E-state index in [1.165, 1.54) is 25.3 Å². The van der Waals surface area contributed by atoms with E-state index in [4.69, 9.17) is 21.7 Å². The van der Waals surface area contributed by atoms with Crippen LogP contribution < -0.4 is 14.8 Å². The first-order valence-electron chi connectivity index (χ1n) is 7.86. The van der Waals surface area contributed by atoms with Crippen molar-refractivity contribution >= 4 is 45.3 Å². The third-order valence-electron chi connectivity index (χ3n) is 3.84. The molecule has 0 radical (unpaired) electrons. The number of aromatic hydroxyl groups is 1. The van der Waals surface area contributed by atoms with Crippen molar-refractivity contribution < 1.29 is 19.5 Å². The maximum atomic E-state index is 11.0. The first kappa shape index (κ1) is 19.0. The van der Waals surface area contributed by atoms with Gasteiger partial charge in [0.2, 0.25) is 11.0 Å².